The van der Waals surface area contributed by atoms with E-state index in [1.54, 1.807) is 25.3 Å². The number of anilines is 1. The van der Waals surface area contributed by atoms with Crippen molar-refractivity contribution in [2.24, 2.45) is 0 Å². The van der Waals surface area contributed by atoms with Crippen LogP contribution in [-0.2, 0) is 4.74 Å². The number of nitrogens with zero attached hydrogens (tertiary/aromatic N) is 1. The molecule has 0 bridgehead atoms. The number of allylic oxidation sites excluding steroid dienone is 1. The van der Waals surface area contributed by atoms with Crippen molar-refractivity contribution in [3.8, 4) is 0 Å². The van der Waals surface area contributed by atoms with Crippen LogP contribution >= 0.6 is 0 Å². The number of pyridine rings is 1. The Balaban J connectivity index is 1.89. The molecule has 0 fully saturated rings. The Morgan fingerprint density at radius 2 is 2.00 bits per heavy atom. The summed E-state index contributed by atoms with van der Waals surface area (Å²) in [6, 6.07) is 17.1. The lowest BCUT2D eigenvalue weighted by Crippen LogP contribution is -2.05. The van der Waals surface area contributed by atoms with Crippen LogP contribution in [0.3, 0.4) is 0 Å². The molecule has 0 saturated carbocycles. The van der Waals surface area contributed by atoms with Crippen LogP contribution in [0.25, 0.3) is 16.5 Å². The summed E-state index contributed by atoms with van der Waals surface area (Å²) in [5.74, 6) is -0.354. The fraction of sp³-hybridized carbons (Fsp3) is 0.136. The largest absolute Gasteiger partial charge is 0.462 e. The predicted octanol–water partition coefficient (Wildman–Crippen LogP) is 4.82. The van der Waals surface area contributed by atoms with Crippen molar-refractivity contribution in [1.82, 2.24) is 4.98 Å². The van der Waals surface area contributed by atoms with E-state index in [1.165, 1.54) is 6.21 Å². The molecule has 1 aromatic heterocycles. The number of rotatable bonds is 6. The molecule has 0 amide bonds. The van der Waals surface area contributed by atoms with Crippen molar-refractivity contribution in [2.45, 2.75) is 13.8 Å². The molecule has 2 N–H and O–H groups in total. The van der Waals surface area contributed by atoms with Crippen LogP contribution in [0.2, 0.25) is 0 Å². The van der Waals surface area contributed by atoms with Gasteiger partial charge in [-0.05, 0) is 43.7 Å². The van der Waals surface area contributed by atoms with Gasteiger partial charge in [0.2, 0.25) is 0 Å². The fourth-order valence-corrected chi connectivity index (χ4v) is 2.69. The van der Waals surface area contributed by atoms with Gasteiger partial charge in [-0.2, -0.15) is 0 Å². The lowest BCUT2D eigenvalue weighted by Gasteiger charge is -2.10. The third kappa shape index (κ3) is 4.20. The zero-order chi connectivity index (χ0) is 19.2. The van der Waals surface area contributed by atoms with Crippen molar-refractivity contribution in [3.63, 3.8) is 0 Å². The van der Waals surface area contributed by atoms with E-state index in [-0.39, 0.29) is 5.97 Å². The highest BCUT2D eigenvalue weighted by atomic mass is 16.5. The number of carbonyl (C=O) groups excluding carboxylic acids is 1. The molecule has 0 radical (unpaired) electrons. The van der Waals surface area contributed by atoms with Crippen molar-refractivity contribution in [3.05, 3.63) is 77.6 Å². The SMILES string of the molecule is CCOC(=O)c1ccc(C)c(N/C=C(\C=N)c2ccc3ccccc3n2)c1. The first-order valence-corrected chi connectivity index (χ1v) is 8.73. The molecule has 0 unspecified atom stereocenters. The van der Waals surface area contributed by atoms with Gasteiger partial charge in [0, 0.05) is 29.1 Å². The number of aryl methyl sites for hydroxylation is 1. The molecule has 5 heteroatoms. The lowest BCUT2D eigenvalue weighted by atomic mass is 10.1. The van der Waals surface area contributed by atoms with Crippen LogP contribution in [0, 0.1) is 12.3 Å². The maximum atomic E-state index is 11.9. The second-order valence-corrected chi connectivity index (χ2v) is 6.03. The van der Waals surface area contributed by atoms with Crippen molar-refractivity contribution < 1.29 is 9.53 Å². The Morgan fingerprint density at radius 1 is 1.19 bits per heavy atom. The Kier molecular flexibility index (Phi) is 5.61. The van der Waals surface area contributed by atoms with E-state index in [0.29, 0.717) is 23.4 Å². The molecule has 1 heterocycles. The minimum absolute atomic E-state index is 0.334. The van der Waals surface area contributed by atoms with E-state index >= 15 is 0 Å². The topological polar surface area (TPSA) is 75.1 Å². The van der Waals surface area contributed by atoms with Gasteiger partial charge in [0.1, 0.15) is 0 Å². The first kappa shape index (κ1) is 18.3. The quantitative estimate of drug-likeness (QED) is 0.489. The number of fused-ring (bicyclic) bond motifs is 1. The number of hydrogen-bond acceptors (Lipinski definition) is 5. The van der Waals surface area contributed by atoms with E-state index < -0.39 is 0 Å². The second-order valence-electron chi connectivity index (χ2n) is 6.03. The van der Waals surface area contributed by atoms with Gasteiger partial charge < -0.3 is 15.5 Å². The van der Waals surface area contributed by atoms with Gasteiger partial charge in [-0.15, -0.1) is 0 Å². The Hall–Kier alpha value is -3.47. The third-order valence-corrected chi connectivity index (χ3v) is 4.18. The summed E-state index contributed by atoms with van der Waals surface area (Å²) in [5.41, 5.74) is 4.47. The maximum Gasteiger partial charge on any atom is 0.338 e. The molecule has 2 aromatic carbocycles. The molecule has 0 aliphatic heterocycles. The molecule has 3 aromatic rings. The number of ether oxygens (including phenoxy) is 1. The summed E-state index contributed by atoms with van der Waals surface area (Å²) in [6.07, 6.45) is 2.98. The lowest BCUT2D eigenvalue weighted by molar-refractivity contribution is 0.0526. The zero-order valence-corrected chi connectivity index (χ0v) is 15.3. The molecule has 0 spiro atoms. The number of aromatic nitrogens is 1. The van der Waals surface area contributed by atoms with Gasteiger partial charge in [-0.3, -0.25) is 0 Å². The maximum absolute atomic E-state index is 11.9. The third-order valence-electron chi connectivity index (χ3n) is 4.18. The minimum atomic E-state index is -0.354. The monoisotopic (exact) mass is 359 g/mol. The number of benzene rings is 2. The molecule has 0 aliphatic rings. The van der Waals surface area contributed by atoms with Gasteiger partial charge in [0.05, 0.1) is 23.4 Å². The van der Waals surface area contributed by atoms with Gasteiger partial charge in [0.25, 0.3) is 0 Å². The Morgan fingerprint density at radius 3 is 2.78 bits per heavy atom. The Labute approximate surface area is 158 Å². The Bertz CT molecular complexity index is 1020. The van der Waals surface area contributed by atoms with Crippen LogP contribution in [0.1, 0.15) is 28.5 Å². The molecule has 5 nitrogen and oxygen atoms in total. The van der Waals surface area contributed by atoms with E-state index in [1.807, 2.05) is 49.4 Å². The molecule has 3 rings (SSSR count). The van der Waals surface area contributed by atoms with Gasteiger partial charge in [0.15, 0.2) is 0 Å². The first-order chi connectivity index (χ1) is 13.1. The van der Waals surface area contributed by atoms with Gasteiger partial charge in [-0.25, -0.2) is 9.78 Å². The second kappa shape index (κ2) is 8.27. The molecular weight excluding hydrogens is 338 g/mol. The van der Waals surface area contributed by atoms with E-state index in [4.69, 9.17) is 10.1 Å². The highest BCUT2D eigenvalue weighted by Crippen LogP contribution is 2.20. The normalized spacial score (nSPS) is 11.3. The number of hydrogen-bond donors (Lipinski definition) is 2. The zero-order valence-electron chi connectivity index (χ0n) is 15.3. The number of esters is 1. The number of carbonyl (C=O) groups is 1. The summed E-state index contributed by atoms with van der Waals surface area (Å²) in [4.78, 5) is 16.6. The van der Waals surface area contributed by atoms with Crippen molar-refractivity contribution >= 4 is 34.3 Å². The van der Waals surface area contributed by atoms with Crippen LogP contribution in [0.5, 0.6) is 0 Å². The van der Waals surface area contributed by atoms with Gasteiger partial charge in [-0.1, -0.05) is 30.3 Å². The highest BCUT2D eigenvalue weighted by Gasteiger charge is 2.09. The smallest absolute Gasteiger partial charge is 0.338 e. The molecule has 0 aliphatic carbocycles. The van der Waals surface area contributed by atoms with Gasteiger partial charge >= 0.3 is 5.97 Å². The van der Waals surface area contributed by atoms with E-state index in [0.717, 1.165) is 22.2 Å². The summed E-state index contributed by atoms with van der Waals surface area (Å²) in [5, 5.41) is 12.0. The predicted molar refractivity (Wildman–Crippen MR) is 109 cm³/mol. The van der Waals surface area contributed by atoms with Crippen LogP contribution in [0.4, 0.5) is 5.69 Å². The van der Waals surface area contributed by atoms with Crippen LogP contribution in [-0.4, -0.2) is 23.8 Å². The van der Waals surface area contributed by atoms with Crippen LogP contribution in [0.15, 0.2) is 60.8 Å². The molecule has 27 heavy (non-hydrogen) atoms. The molecule has 0 atom stereocenters. The van der Waals surface area contributed by atoms with Crippen molar-refractivity contribution in [2.75, 3.05) is 11.9 Å². The molecular formula is C22H21N3O2. The minimum Gasteiger partial charge on any atom is -0.462 e. The summed E-state index contributed by atoms with van der Waals surface area (Å²) in [7, 11) is 0. The number of nitrogens with one attached hydrogen (secondary N) is 2. The number of para-hydroxylation sites is 1. The molecule has 136 valence electrons. The van der Waals surface area contributed by atoms with Crippen molar-refractivity contribution in [1.29, 1.82) is 5.41 Å². The van der Waals surface area contributed by atoms with Crippen LogP contribution < -0.4 is 5.32 Å². The molecule has 0 saturated heterocycles. The average Bonchev–Trinajstić information content (AvgIpc) is 2.69. The van der Waals surface area contributed by atoms with E-state index in [2.05, 4.69) is 10.3 Å². The first-order valence-electron chi connectivity index (χ1n) is 8.73. The summed E-state index contributed by atoms with van der Waals surface area (Å²) < 4.78 is 5.05. The summed E-state index contributed by atoms with van der Waals surface area (Å²) >= 11 is 0. The average molecular weight is 359 g/mol. The highest BCUT2D eigenvalue weighted by molar-refractivity contribution is 6.08. The standard InChI is InChI=1S/C22H21N3O2/c1-3-27-22(26)17-9-8-15(2)21(12-17)24-14-18(13-23)20-11-10-16-6-4-5-7-19(16)25-20/h4-14,23-24H,3H2,1-2H3/b18-14+,23-13?. The fourth-order valence-electron chi connectivity index (χ4n) is 2.69. The summed E-state index contributed by atoms with van der Waals surface area (Å²) in [6.45, 7) is 4.06. The van der Waals surface area contributed by atoms with E-state index in [9.17, 15) is 4.79 Å².